The lowest BCUT2D eigenvalue weighted by Gasteiger charge is -2.30. The zero-order chi connectivity index (χ0) is 15.9. The van der Waals surface area contributed by atoms with E-state index < -0.39 is 11.8 Å². The molecule has 0 bridgehead atoms. The summed E-state index contributed by atoms with van der Waals surface area (Å²) in [5.74, 6) is -1.26. The van der Waals surface area contributed by atoms with Crippen LogP contribution in [0.5, 0.6) is 0 Å². The van der Waals surface area contributed by atoms with Crippen LogP contribution in [-0.2, 0) is 9.59 Å². The van der Waals surface area contributed by atoms with Crippen LogP contribution < -0.4 is 10.6 Å². The second kappa shape index (κ2) is 7.57. The van der Waals surface area contributed by atoms with Gasteiger partial charge in [0.2, 0.25) is 0 Å². The van der Waals surface area contributed by atoms with E-state index in [1.165, 1.54) is 0 Å². The molecule has 0 unspecified atom stereocenters. The van der Waals surface area contributed by atoms with Crippen molar-refractivity contribution < 1.29 is 9.59 Å². The van der Waals surface area contributed by atoms with Crippen molar-refractivity contribution >= 4 is 17.5 Å². The highest BCUT2D eigenvalue weighted by atomic mass is 16.2. The molecule has 2 rings (SSSR count). The molecule has 116 valence electrons. The fraction of sp³-hybridized carbons (Fsp3) is 0.438. The number of likely N-dealkylation sites (tertiary alicyclic amines) is 1. The Kier molecular flexibility index (Phi) is 5.50. The van der Waals surface area contributed by atoms with Gasteiger partial charge in [-0.05, 0) is 31.9 Å². The first-order chi connectivity index (χ1) is 10.6. The summed E-state index contributed by atoms with van der Waals surface area (Å²) >= 11 is 0. The fourth-order valence-electron chi connectivity index (χ4n) is 2.41. The van der Waals surface area contributed by atoms with Crippen LogP contribution in [0.2, 0.25) is 0 Å². The van der Waals surface area contributed by atoms with Gasteiger partial charge in [0.15, 0.2) is 0 Å². The Morgan fingerprint density at radius 3 is 2.45 bits per heavy atom. The third kappa shape index (κ3) is 4.57. The molecule has 1 aliphatic rings. The number of hydrogen-bond acceptors (Lipinski definition) is 4. The van der Waals surface area contributed by atoms with Gasteiger partial charge in [-0.15, -0.1) is 0 Å². The second-order valence-electron chi connectivity index (χ2n) is 5.50. The minimum Gasteiger partial charge on any atom is -0.345 e. The third-order valence-electron chi connectivity index (χ3n) is 3.73. The maximum atomic E-state index is 11.9. The molecule has 0 aliphatic carbocycles. The van der Waals surface area contributed by atoms with Crippen molar-refractivity contribution in [2.45, 2.75) is 25.8 Å². The van der Waals surface area contributed by atoms with Crippen molar-refractivity contribution in [3.8, 4) is 6.07 Å². The number of amides is 2. The molecule has 6 heteroatoms. The number of carbonyl (C=O) groups excluding carboxylic acids is 2. The summed E-state index contributed by atoms with van der Waals surface area (Å²) in [4.78, 5) is 25.8. The first-order valence-corrected chi connectivity index (χ1v) is 7.36. The highest BCUT2D eigenvalue weighted by molar-refractivity contribution is 6.39. The number of nitrogens with one attached hydrogen (secondary N) is 2. The molecule has 1 saturated heterocycles. The Labute approximate surface area is 130 Å². The monoisotopic (exact) mass is 300 g/mol. The third-order valence-corrected chi connectivity index (χ3v) is 3.73. The van der Waals surface area contributed by atoms with Crippen LogP contribution >= 0.6 is 0 Å². The molecule has 1 aliphatic heterocycles. The Morgan fingerprint density at radius 1 is 1.23 bits per heavy atom. The lowest BCUT2D eigenvalue weighted by Crippen LogP contribution is -2.47. The standard InChI is InChI=1S/C16H20N4O2/c1-12-2-4-13(5-3-12)18-15(21)16(22)19-14-6-9-20(10-7-14)11-8-17/h2-5,14H,6-7,9-11H2,1H3,(H,18,21)(H,19,22). The quantitative estimate of drug-likeness (QED) is 0.645. The van der Waals surface area contributed by atoms with Crippen LogP contribution in [0, 0.1) is 18.3 Å². The zero-order valence-electron chi connectivity index (χ0n) is 12.6. The molecule has 22 heavy (non-hydrogen) atoms. The number of hydrogen-bond donors (Lipinski definition) is 2. The molecule has 0 spiro atoms. The molecule has 6 nitrogen and oxygen atoms in total. The zero-order valence-corrected chi connectivity index (χ0v) is 12.6. The molecular weight excluding hydrogens is 280 g/mol. The summed E-state index contributed by atoms with van der Waals surface area (Å²) in [5, 5.41) is 14.0. The van der Waals surface area contributed by atoms with E-state index in [1.54, 1.807) is 12.1 Å². The summed E-state index contributed by atoms with van der Waals surface area (Å²) < 4.78 is 0. The molecule has 0 aromatic heterocycles. The molecule has 1 aromatic carbocycles. The van der Waals surface area contributed by atoms with Gasteiger partial charge in [-0.1, -0.05) is 17.7 Å². The number of nitriles is 1. The molecule has 1 fully saturated rings. The summed E-state index contributed by atoms with van der Waals surface area (Å²) in [6, 6.07) is 9.39. The van der Waals surface area contributed by atoms with E-state index in [0.29, 0.717) is 12.2 Å². The number of aryl methyl sites for hydroxylation is 1. The molecule has 2 N–H and O–H groups in total. The van der Waals surface area contributed by atoms with Gasteiger partial charge >= 0.3 is 11.8 Å². The van der Waals surface area contributed by atoms with Crippen LogP contribution in [0.3, 0.4) is 0 Å². The van der Waals surface area contributed by atoms with E-state index in [4.69, 9.17) is 5.26 Å². The topological polar surface area (TPSA) is 85.2 Å². The maximum Gasteiger partial charge on any atom is 0.313 e. The summed E-state index contributed by atoms with van der Waals surface area (Å²) in [6.07, 6.45) is 1.51. The van der Waals surface area contributed by atoms with Gasteiger partial charge in [0, 0.05) is 24.8 Å². The van der Waals surface area contributed by atoms with Gasteiger partial charge in [0.05, 0.1) is 12.6 Å². The Balaban J connectivity index is 1.78. The lowest BCUT2D eigenvalue weighted by atomic mass is 10.1. The molecule has 0 atom stereocenters. The van der Waals surface area contributed by atoms with Crippen LogP contribution in [0.4, 0.5) is 5.69 Å². The molecule has 0 saturated carbocycles. The van der Waals surface area contributed by atoms with Crippen molar-refractivity contribution in [1.82, 2.24) is 10.2 Å². The van der Waals surface area contributed by atoms with Crippen LogP contribution in [-0.4, -0.2) is 42.4 Å². The number of rotatable bonds is 3. The molecule has 2 amide bonds. The van der Waals surface area contributed by atoms with E-state index in [0.717, 1.165) is 31.5 Å². The number of carbonyl (C=O) groups is 2. The van der Waals surface area contributed by atoms with Crippen LogP contribution in [0.25, 0.3) is 0 Å². The van der Waals surface area contributed by atoms with E-state index in [2.05, 4.69) is 16.7 Å². The normalized spacial score (nSPS) is 15.8. The maximum absolute atomic E-state index is 11.9. The SMILES string of the molecule is Cc1ccc(NC(=O)C(=O)NC2CCN(CC#N)CC2)cc1. The Hall–Kier alpha value is -2.39. The summed E-state index contributed by atoms with van der Waals surface area (Å²) in [7, 11) is 0. The highest BCUT2D eigenvalue weighted by Gasteiger charge is 2.23. The van der Waals surface area contributed by atoms with Crippen molar-refractivity contribution in [2.75, 3.05) is 25.0 Å². The van der Waals surface area contributed by atoms with Crippen molar-refractivity contribution in [3.05, 3.63) is 29.8 Å². The largest absolute Gasteiger partial charge is 0.345 e. The van der Waals surface area contributed by atoms with Crippen molar-refractivity contribution in [3.63, 3.8) is 0 Å². The summed E-state index contributed by atoms with van der Waals surface area (Å²) in [6.45, 7) is 3.89. The van der Waals surface area contributed by atoms with Gasteiger partial charge in [-0.3, -0.25) is 14.5 Å². The number of nitrogens with zero attached hydrogens (tertiary/aromatic N) is 2. The number of benzene rings is 1. The lowest BCUT2D eigenvalue weighted by molar-refractivity contribution is -0.136. The Bertz CT molecular complexity index is 569. The van der Waals surface area contributed by atoms with E-state index in [-0.39, 0.29) is 6.04 Å². The van der Waals surface area contributed by atoms with Crippen LogP contribution in [0.15, 0.2) is 24.3 Å². The molecule has 1 aromatic rings. The first kappa shape index (κ1) is 16.0. The summed E-state index contributed by atoms with van der Waals surface area (Å²) in [5.41, 5.74) is 1.70. The molecule has 0 radical (unpaired) electrons. The van der Waals surface area contributed by atoms with Gasteiger partial charge < -0.3 is 10.6 Å². The predicted octanol–water partition coefficient (Wildman–Crippen LogP) is 1.04. The van der Waals surface area contributed by atoms with Crippen molar-refractivity contribution in [1.29, 1.82) is 5.26 Å². The molecular formula is C16H20N4O2. The van der Waals surface area contributed by atoms with E-state index in [1.807, 2.05) is 24.0 Å². The average Bonchev–Trinajstić information content (AvgIpc) is 2.51. The highest BCUT2D eigenvalue weighted by Crippen LogP contribution is 2.11. The van der Waals surface area contributed by atoms with Crippen molar-refractivity contribution in [2.24, 2.45) is 0 Å². The minimum atomic E-state index is -0.650. The van der Waals surface area contributed by atoms with Gasteiger partial charge in [0.1, 0.15) is 0 Å². The van der Waals surface area contributed by atoms with E-state index in [9.17, 15) is 9.59 Å². The van der Waals surface area contributed by atoms with E-state index >= 15 is 0 Å². The average molecular weight is 300 g/mol. The minimum absolute atomic E-state index is 0.00814. The first-order valence-electron chi connectivity index (χ1n) is 7.36. The second-order valence-corrected chi connectivity index (χ2v) is 5.50. The number of anilines is 1. The van der Waals surface area contributed by atoms with Gasteiger partial charge in [-0.25, -0.2) is 0 Å². The Morgan fingerprint density at radius 2 is 1.86 bits per heavy atom. The fourth-order valence-corrected chi connectivity index (χ4v) is 2.41. The van der Waals surface area contributed by atoms with Gasteiger partial charge in [0.25, 0.3) is 0 Å². The van der Waals surface area contributed by atoms with Crippen LogP contribution in [0.1, 0.15) is 18.4 Å². The number of piperidine rings is 1. The smallest absolute Gasteiger partial charge is 0.313 e. The molecule has 1 heterocycles. The van der Waals surface area contributed by atoms with Gasteiger partial charge in [-0.2, -0.15) is 5.26 Å². The predicted molar refractivity (Wildman–Crippen MR) is 83.0 cm³/mol.